The molecule has 0 aliphatic carbocycles. The van der Waals surface area contributed by atoms with Crippen LogP contribution in [0, 0.1) is 5.41 Å². The highest BCUT2D eigenvalue weighted by Gasteiger charge is 2.32. The third-order valence-corrected chi connectivity index (χ3v) is 3.79. The SMILES string of the molecule is COCC(COC)(COC)COc1cccc(Nc2ccccc2)c1. The molecular weight excluding hydrogens is 318 g/mol. The fraction of sp³-hybridized carbons (Fsp3) is 0.400. The molecule has 0 spiro atoms. The van der Waals surface area contributed by atoms with E-state index in [2.05, 4.69) is 5.32 Å². The minimum atomic E-state index is -0.346. The zero-order chi connectivity index (χ0) is 18.0. The first-order valence-electron chi connectivity index (χ1n) is 8.23. The molecule has 0 fully saturated rings. The average Bonchev–Trinajstić information content (AvgIpc) is 2.62. The first-order valence-corrected chi connectivity index (χ1v) is 8.23. The van der Waals surface area contributed by atoms with Gasteiger partial charge in [-0.25, -0.2) is 0 Å². The molecule has 136 valence electrons. The molecule has 0 aromatic heterocycles. The van der Waals surface area contributed by atoms with Crippen LogP contribution in [0.4, 0.5) is 11.4 Å². The van der Waals surface area contributed by atoms with Crippen molar-refractivity contribution in [1.29, 1.82) is 0 Å². The molecule has 25 heavy (non-hydrogen) atoms. The van der Waals surface area contributed by atoms with Gasteiger partial charge in [0.15, 0.2) is 0 Å². The van der Waals surface area contributed by atoms with E-state index in [4.69, 9.17) is 18.9 Å². The third kappa shape index (κ3) is 6.05. The minimum Gasteiger partial charge on any atom is -0.493 e. The Hall–Kier alpha value is -2.08. The molecule has 0 heterocycles. The summed E-state index contributed by atoms with van der Waals surface area (Å²) in [4.78, 5) is 0. The molecule has 5 heteroatoms. The van der Waals surface area contributed by atoms with E-state index in [1.807, 2.05) is 54.6 Å². The van der Waals surface area contributed by atoms with Gasteiger partial charge in [0.05, 0.1) is 25.2 Å². The van der Waals surface area contributed by atoms with E-state index in [1.165, 1.54) is 0 Å². The van der Waals surface area contributed by atoms with E-state index in [0.29, 0.717) is 26.4 Å². The van der Waals surface area contributed by atoms with Crippen molar-refractivity contribution < 1.29 is 18.9 Å². The van der Waals surface area contributed by atoms with Gasteiger partial charge >= 0.3 is 0 Å². The number of methoxy groups -OCH3 is 3. The van der Waals surface area contributed by atoms with E-state index < -0.39 is 0 Å². The average molecular weight is 345 g/mol. The summed E-state index contributed by atoms with van der Waals surface area (Å²) in [6.07, 6.45) is 0. The largest absolute Gasteiger partial charge is 0.493 e. The third-order valence-electron chi connectivity index (χ3n) is 3.79. The molecule has 0 bridgehead atoms. The summed E-state index contributed by atoms with van der Waals surface area (Å²) in [6, 6.07) is 17.9. The Morgan fingerprint density at radius 3 is 1.92 bits per heavy atom. The molecule has 0 saturated heterocycles. The van der Waals surface area contributed by atoms with E-state index in [-0.39, 0.29) is 5.41 Å². The van der Waals surface area contributed by atoms with Crippen LogP contribution in [-0.2, 0) is 14.2 Å². The zero-order valence-electron chi connectivity index (χ0n) is 15.2. The summed E-state index contributed by atoms with van der Waals surface area (Å²) in [5.74, 6) is 0.786. The molecular formula is C20H27NO4. The molecule has 0 unspecified atom stereocenters. The highest BCUT2D eigenvalue weighted by atomic mass is 16.5. The van der Waals surface area contributed by atoms with Crippen molar-refractivity contribution in [2.24, 2.45) is 5.41 Å². The number of hydrogen-bond acceptors (Lipinski definition) is 5. The summed E-state index contributed by atoms with van der Waals surface area (Å²) >= 11 is 0. The van der Waals surface area contributed by atoms with Crippen LogP contribution in [0.15, 0.2) is 54.6 Å². The Morgan fingerprint density at radius 2 is 1.32 bits per heavy atom. The van der Waals surface area contributed by atoms with Crippen LogP contribution < -0.4 is 10.1 Å². The molecule has 0 saturated carbocycles. The standard InChI is InChI=1S/C20H27NO4/c1-22-13-20(14-23-2,15-24-3)16-25-19-11-7-10-18(12-19)21-17-8-5-4-6-9-17/h4-12,21H,13-16H2,1-3H3. The molecule has 2 aromatic rings. The lowest BCUT2D eigenvalue weighted by atomic mass is 9.92. The van der Waals surface area contributed by atoms with Gasteiger partial charge in [-0.3, -0.25) is 0 Å². The zero-order valence-corrected chi connectivity index (χ0v) is 15.2. The van der Waals surface area contributed by atoms with Gasteiger partial charge in [0.25, 0.3) is 0 Å². The van der Waals surface area contributed by atoms with Crippen LogP contribution >= 0.6 is 0 Å². The van der Waals surface area contributed by atoms with Gasteiger partial charge in [-0.05, 0) is 24.3 Å². The Morgan fingerprint density at radius 1 is 0.720 bits per heavy atom. The van der Waals surface area contributed by atoms with Crippen LogP contribution in [0.2, 0.25) is 0 Å². The number of anilines is 2. The first-order chi connectivity index (χ1) is 12.2. The first kappa shape index (κ1) is 19.2. The predicted molar refractivity (Wildman–Crippen MR) is 99.7 cm³/mol. The number of hydrogen-bond donors (Lipinski definition) is 1. The second-order valence-electron chi connectivity index (χ2n) is 6.11. The maximum absolute atomic E-state index is 6.03. The molecule has 5 nitrogen and oxygen atoms in total. The highest BCUT2D eigenvalue weighted by Crippen LogP contribution is 2.25. The highest BCUT2D eigenvalue weighted by molar-refractivity contribution is 5.60. The van der Waals surface area contributed by atoms with Gasteiger partial charge in [0, 0.05) is 38.8 Å². The van der Waals surface area contributed by atoms with Gasteiger partial charge in [-0.15, -0.1) is 0 Å². The van der Waals surface area contributed by atoms with E-state index in [9.17, 15) is 0 Å². The van der Waals surface area contributed by atoms with E-state index in [0.717, 1.165) is 17.1 Å². The lowest BCUT2D eigenvalue weighted by molar-refractivity contribution is -0.0614. The molecule has 0 atom stereocenters. The van der Waals surface area contributed by atoms with E-state index in [1.54, 1.807) is 21.3 Å². The lowest BCUT2D eigenvalue weighted by Crippen LogP contribution is -2.41. The number of ether oxygens (including phenoxy) is 4. The smallest absolute Gasteiger partial charge is 0.121 e. The molecule has 1 N–H and O–H groups in total. The van der Waals surface area contributed by atoms with Crippen molar-refractivity contribution in [3.05, 3.63) is 54.6 Å². The summed E-state index contributed by atoms with van der Waals surface area (Å²) in [5, 5.41) is 3.36. The molecule has 2 rings (SSSR count). The van der Waals surface area contributed by atoms with Crippen LogP contribution in [0.3, 0.4) is 0 Å². The van der Waals surface area contributed by atoms with Crippen molar-refractivity contribution >= 4 is 11.4 Å². The minimum absolute atomic E-state index is 0.346. The molecule has 0 aliphatic rings. The van der Waals surface area contributed by atoms with Gasteiger partial charge in [-0.1, -0.05) is 24.3 Å². The molecule has 2 aromatic carbocycles. The summed E-state index contributed by atoms with van der Waals surface area (Å²) in [5.41, 5.74) is 1.66. The van der Waals surface area contributed by atoms with Crippen LogP contribution in [-0.4, -0.2) is 47.8 Å². The lowest BCUT2D eigenvalue weighted by Gasteiger charge is -2.31. The fourth-order valence-electron chi connectivity index (χ4n) is 2.76. The Balaban J connectivity index is 2.04. The van der Waals surface area contributed by atoms with Crippen molar-refractivity contribution in [2.75, 3.05) is 53.1 Å². The molecule has 0 amide bonds. The molecule has 0 radical (unpaired) electrons. The number of para-hydroxylation sites is 1. The Labute approximate surface area is 149 Å². The monoisotopic (exact) mass is 345 g/mol. The van der Waals surface area contributed by atoms with Gasteiger partial charge in [0.1, 0.15) is 12.4 Å². The summed E-state index contributed by atoms with van der Waals surface area (Å²) in [6.45, 7) is 1.93. The van der Waals surface area contributed by atoms with Gasteiger partial charge in [0.2, 0.25) is 0 Å². The Kier molecular flexibility index (Phi) is 7.73. The van der Waals surface area contributed by atoms with E-state index >= 15 is 0 Å². The fourth-order valence-corrected chi connectivity index (χ4v) is 2.76. The van der Waals surface area contributed by atoms with Crippen molar-refractivity contribution in [2.45, 2.75) is 0 Å². The van der Waals surface area contributed by atoms with Crippen LogP contribution in [0.5, 0.6) is 5.75 Å². The normalized spacial score (nSPS) is 11.3. The van der Waals surface area contributed by atoms with Crippen molar-refractivity contribution in [1.82, 2.24) is 0 Å². The maximum Gasteiger partial charge on any atom is 0.121 e. The van der Waals surface area contributed by atoms with Crippen molar-refractivity contribution in [3.8, 4) is 5.75 Å². The predicted octanol–water partition coefficient (Wildman–Crippen LogP) is 3.73. The summed E-state index contributed by atoms with van der Waals surface area (Å²) in [7, 11) is 5.01. The number of rotatable bonds is 11. The van der Waals surface area contributed by atoms with Crippen LogP contribution in [0.25, 0.3) is 0 Å². The summed E-state index contributed by atoms with van der Waals surface area (Å²) < 4.78 is 22.1. The van der Waals surface area contributed by atoms with Gasteiger partial charge < -0.3 is 24.3 Å². The second-order valence-corrected chi connectivity index (χ2v) is 6.11. The quantitative estimate of drug-likeness (QED) is 0.672. The van der Waals surface area contributed by atoms with Gasteiger partial charge in [-0.2, -0.15) is 0 Å². The number of nitrogens with one attached hydrogen (secondary N) is 1. The van der Waals surface area contributed by atoms with Crippen molar-refractivity contribution in [3.63, 3.8) is 0 Å². The Bertz CT molecular complexity index is 601. The molecule has 0 aliphatic heterocycles. The topological polar surface area (TPSA) is 49.0 Å². The number of benzene rings is 2. The van der Waals surface area contributed by atoms with Crippen LogP contribution in [0.1, 0.15) is 0 Å². The maximum atomic E-state index is 6.03. The second kappa shape index (κ2) is 10.0.